The van der Waals surface area contributed by atoms with Crippen molar-refractivity contribution in [1.29, 1.82) is 0 Å². The topological polar surface area (TPSA) is 72.8 Å². The average Bonchev–Trinajstić information content (AvgIpc) is 2.29. The molecule has 1 N–H and O–H groups in total. The van der Waals surface area contributed by atoms with Gasteiger partial charge >= 0.3 is 11.9 Å². The number of carbonyl (C=O) groups is 2. The monoisotopic (exact) mass is 246 g/mol. The van der Waals surface area contributed by atoms with Gasteiger partial charge in [-0.3, -0.25) is 9.59 Å². The molecule has 0 fully saturated rings. The fourth-order valence-electron chi connectivity index (χ4n) is 1.22. The van der Waals surface area contributed by atoms with E-state index in [9.17, 15) is 14.7 Å². The van der Waals surface area contributed by atoms with E-state index in [0.29, 0.717) is 6.42 Å². The summed E-state index contributed by atoms with van der Waals surface area (Å²) in [6.07, 6.45) is 3.49. The summed E-state index contributed by atoms with van der Waals surface area (Å²) in [5, 5.41) is 9.30. The Morgan fingerprint density at radius 2 is 1.76 bits per heavy atom. The number of carbonyl (C=O) groups excluding carboxylic acids is 2. The Labute approximate surface area is 102 Å². The molecule has 0 saturated heterocycles. The second-order valence-electron chi connectivity index (χ2n) is 3.95. The first kappa shape index (κ1) is 15.9. The maximum atomic E-state index is 11.2. The van der Waals surface area contributed by atoms with Crippen LogP contribution in [0.2, 0.25) is 0 Å². The molecule has 1 unspecified atom stereocenters. The van der Waals surface area contributed by atoms with Crippen molar-refractivity contribution in [3.8, 4) is 0 Å². The molecular weight excluding hydrogens is 224 g/mol. The predicted octanol–water partition coefficient (Wildman–Crippen LogP) is 1.42. The lowest BCUT2D eigenvalue weighted by molar-refractivity contribution is -0.151. The van der Waals surface area contributed by atoms with E-state index in [2.05, 4.69) is 11.7 Å². The number of rotatable bonds is 9. The summed E-state index contributed by atoms with van der Waals surface area (Å²) >= 11 is 0. The number of esters is 2. The Balaban J connectivity index is 3.45. The number of ether oxygens (including phenoxy) is 2. The van der Waals surface area contributed by atoms with Crippen molar-refractivity contribution in [2.75, 3.05) is 13.2 Å². The van der Waals surface area contributed by atoms with Gasteiger partial charge in [0, 0.05) is 13.3 Å². The van der Waals surface area contributed by atoms with E-state index in [0.717, 1.165) is 25.7 Å². The van der Waals surface area contributed by atoms with Gasteiger partial charge in [-0.15, -0.1) is 0 Å². The molecule has 0 bridgehead atoms. The summed E-state index contributed by atoms with van der Waals surface area (Å²) in [7, 11) is 0. The molecule has 0 aliphatic carbocycles. The van der Waals surface area contributed by atoms with E-state index in [1.807, 2.05) is 0 Å². The van der Waals surface area contributed by atoms with Crippen molar-refractivity contribution >= 4 is 11.9 Å². The molecule has 0 radical (unpaired) electrons. The molecule has 0 rings (SSSR count). The van der Waals surface area contributed by atoms with Crippen LogP contribution in [0.5, 0.6) is 0 Å². The zero-order chi connectivity index (χ0) is 13.1. The molecule has 0 aromatic rings. The predicted molar refractivity (Wildman–Crippen MR) is 62.4 cm³/mol. The summed E-state index contributed by atoms with van der Waals surface area (Å²) in [6, 6.07) is 0. The van der Waals surface area contributed by atoms with Crippen molar-refractivity contribution in [1.82, 2.24) is 0 Å². The quantitative estimate of drug-likeness (QED) is 0.492. The summed E-state index contributed by atoms with van der Waals surface area (Å²) < 4.78 is 9.40. The summed E-state index contributed by atoms with van der Waals surface area (Å²) in [6.45, 7) is 3.09. The van der Waals surface area contributed by atoms with Gasteiger partial charge in [-0.25, -0.2) is 0 Å². The smallest absolute Gasteiger partial charge is 0.305 e. The van der Waals surface area contributed by atoms with Crippen molar-refractivity contribution in [3.63, 3.8) is 0 Å². The molecular formula is C12H22O5. The standard InChI is InChI=1S/C12H22O5/c1-3-4-5-6-7-12(15)17-9-11(14)8-16-10(2)13/h11,14H,3-9H2,1-2H3. The Morgan fingerprint density at radius 3 is 2.35 bits per heavy atom. The fraction of sp³-hybridized carbons (Fsp3) is 0.833. The Kier molecular flexibility index (Phi) is 9.43. The molecule has 5 heteroatoms. The third-order valence-electron chi connectivity index (χ3n) is 2.15. The van der Waals surface area contributed by atoms with Crippen molar-refractivity contribution < 1.29 is 24.2 Å². The van der Waals surface area contributed by atoms with Crippen LogP contribution >= 0.6 is 0 Å². The van der Waals surface area contributed by atoms with E-state index < -0.39 is 12.1 Å². The second kappa shape index (κ2) is 10.1. The van der Waals surface area contributed by atoms with Gasteiger partial charge < -0.3 is 14.6 Å². The van der Waals surface area contributed by atoms with Gasteiger partial charge in [0.05, 0.1) is 0 Å². The average molecular weight is 246 g/mol. The number of unbranched alkanes of at least 4 members (excludes halogenated alkanes) is 3. The van der Waals surface area contributed by atoms with Crippen LogP contribution in [-0.2, 0) is 19.1 Å². The van der Waals surface area contributed by atoms with Crippen molar-refractivity contribution in [2.45, 2.75) is 52.1 Å². The van der Waals surface area contributed by atoms with E-state index in [1.54, 1.807) is 0 Å². The van der Waals surface area contributed by atoms with Gasteiger partial charge in [-0.1, -0.05) is 26.2 Å². The van der Waals surface area contributed by atoms with E-state index in [4.69, 9.17) is 4.74 Å². The lowest BCUT2D eigenvalue weighted by Gasteiger charge is -2.10. The molecule has 0 aliphatic heterocycles. The van der Waals surface area contributed by atoms with Crippen LogP contribution in [-0.4, -0.2) is 36.4 Å². The second-order valence-corrected chi connectivity index (χ2v) is 3.95. The number of hydrogen-bond acceptors (Lipinski definition) is 5. The number of aliphatic hydroxyl groups is 1. The van der Waals surface area contributed by atoms with E-state index in [-0.39, 0.29) is 19.2 Å². The van der Waals surface area contributed by atoms with Gasteiger partial charge in [-0.05, 0) is 6.42 Å². The van der Waals surface area contributed by atoms with Crippen LogP contribution in [0.15, 0.2) is 0 Å². The highest BCUT2D eigenvalue weighted by Crippen LogP contribution is 2.03. The van der Waals surface area contributed by atoms with Crippen molar-refractivity contribution in [2.24, 2.45) is 0 Å². The minimum absolute atomic E-state index is 0.125. The highest BCUT2D eigenvalue weighted by atomic mass is 16.6. The van der Waals surface area contributed by atoms with Crippen LogP contribution in [0.3, 0.4) is 0 Å². The maximum absolute atomic E-state index is 11.2. The number of hydrogen-bond donors (Lipinski definition) is 1. The Hall–Kier alpha value is -1.10. The summed E-state index contributed by atoms with van der Waals surface area (Å²) in [5.41, 5.74) is 0. The molecule has 0 heterocycles. The van der Waals surface area contributed by atoms with Gasteiger partial charge in [0.1, 0.15) is 19.3 Å². The molecule has 5 nitrogen and oxygen atoms in total. The number of aliphatic hydroxyl groups excluding tert-OH is 1. The normalized spacial score (nSPS) is 11.9. The van der Waals surface area contributed by atoms with Crippen LogP contribution < -0.4 is 0 Å². The van der Waals surface area contributed by atoms with Crippen LogP contribution in [0.25, 0.3) is 0 Å². The van der Waals surface area contributed by atoms with Gasteiger partial charge in [0.2, 0.25) is 0 Å². The third kappa shape index (κ3) is 11.2. The molecule has 0 aromatic carbocycles. The minimum Gasteiger partial charge on any atom is -0.463 e. The molecule has 0 amide bonds. The first-order chi connectivity index (χ1) is 8.06. The van der Waals surface area contributed by atoms with Gasteiger partial charge in [-0.2, -0.15) is 0 Å². The molecule has 0 aromatic heterocycles. The fourth-order valence-corrected chi connectivity index (χ4v) is 1.22. The van der Waals surface area contributed by atoms with Crippen molar-refractivity contribution in [3.05, 3.63) is 0 Å². The zero-order valence-corrected chi connectivity index (χ0v) is 10.6. The molecule has 17 heavy (non-hydrogen) atoms. The maximum Gasteiger partial charge on any atom is 0.305 e. The van der Waals surface area contributed by atoms with E-state index >= 15 is 0 Å². The minimum atomic E-state index is -0.946. The van der Waals surface area contributed by atoms with Gasteiger partial charge in [0.25, 0.3) is 0 Å². The highest BCUT2D eigenvalue weighted by molar-refractivity contribution is 5.69. The van der Waals surface area contributed by atoms with E-state index in [1.165, 1.54) is 6.92 Å². The van der Waals surface area contributed by atoms with Crippen LogP contribution in [0.1, 0.15) is 46.0 Å². The largest absolute Gasteiger partial charge is 0.463 e. The molecule has 1 atom stereocenters. The SMILES string of the molecule is CCCCCCC(=O)OCC(O)COC(C)=O. The summed E-state index contributed by atoms with van der Waals surface area (Å²) in [4.78, 5) is 21.7. The van der Waals surface area contributed by atoms with Crippen LogP contribution in [0.4, 0.5) is 0 Å². The molecule has 0 saturated carbocycles. The Morgan fingerprint density at radius 1 is 1.12 bits per heavy atom. The zero-order valence-electron chi connectivity index (χ0n) is 10.6. The van der Waals surface area contributed by atoms with Crippen LogP contribution in [0, 0.1) is 0 Å². The first-order valence-electron chi connectivity index (χ1n) is 6.03. The first-order valence-corrected chi connectivity index (χ1v) is 6.03. The van der Waals surface area contributed by atoms with Gasteiger partial charge in [0.15, 0.2) is 0 Å². The highest BCUT2D eigenvalue weighted by Gasteiger charge is 2.10. The molecule has 100 valence electrons. The lowest BCUT2D eigenvalue weighted by atomic mass is 10.2. The molecule has 0 spiro atoms. The third-order valence-corrected chi connectivity index (χ3v) is 2.15. The lowest BCUT2D eigenvalue weighted by Crippen LogP contribution is -2.24. The molecule has 0 aliphatic rings. The summed E-state index contributed by atoms with van der Waals surface area (Å²) in [5.74, 6) is -0.780. The Bertz CT molecular complexity index is 227.